The molecule has 2 rings (SSSR count). The van der Waals surface area contributed by atoms with Crippen LogP contribution in [0.1, 0.15) is 16.7 Å². The third kappa shape index (κ3) is 3.81. The number of benzene rings is 1. The zero-order valence-electron chi connectivity index (χ0n) is 10.9. The average molecular weight is 261 g/mol. The molecule has 0 amide bonds. The molecule has 4 heteroatoms. The van der Waals surface area contributed by atoms with Crippen molar-refractivity contribution in [2.75, 3.05) is 11.5 Å². The quantitative estimate of drug-likeness (QED) is 0.841. The van der Waals surface area contributed by atoms with E-state index in [2.05, 4.69) is 37.1 Å². The Bertz CT molecular complexity index is 499. The molecule has 0 unspecified atom stereocenters. The number of nitrogens with two attached hydrogens (primary N) is 1. The summed E-state index contributed by atoms with van der Waals surface area (Å²) in [5.74, 6) is 2.10. The van der Waals surface area contributed by atoms with E-state index >= 15 is 0 Å². The van der Waals surface area contributed by atoms with E-state index in [1.165, 1.54) is 16.7 Å². The van der Waals surface area contributed by atoms with Crippen molar-refractivity contribution in [2.45, 2.75) is 26.1 Å². The summed E-state index contributed by atoms with van der Waals surface area (Å²) in [7, 11) is 0. The van der Waals surface area contributed by atoms with Crippen molar-refractivity contribution in [1.29, 1.82) is 0 Å². The standard InChI is InChI=1S/C14H19N3S/c1-11-5-12(2)7-13(6-11)10-18-4-3-17-9-14(15)8-16-17/h5-9H,3-4,10,15H2,1-2H3. The number of nitrogen functional groups attached to an aromatic ring is 1. The van der Waals surface area contributed by atoms with Crippen LogP contribution in [-0.4, -0.2) is 15.5 Å². The molecule has 1 heterocycles. The summed E-state index contributed by atoms with van der Waals surface area (Å²) in [6.45, 7) is 5.20. The van der Waals surface area contributed by atoms with Gasteiger partial charge in [0, 0.05) is 17.7 Å². The minimum Gasteiger partial charge on any atom is -0.396 e. The molecule has 1 aromatic heterocycles. The van der Waals surface area contributed by atoms with Crippen LogP contribution in [0.2, 0.25) is 0 Å². The van der Waals surface area contributed by atoms with Crippen molar-refractivity contribution >= 4 is 17.4 Å². The van der Waals surface area contributed by atoms with Gasteiger partial charge < -0.3 is 5.73 Å². The van der Waals surface area contributed by atoms with Gasteiger partial charge in [-0.3, -0.25) is 4.68 Å². The number of nitrogens with zero attached hydrogens (tertiary/aromatic N) is 2. The number of thioether (sulfide) groups is 1. The second-order valence-corrected chi connectivity index (χ2v) is 5.69. The summed E-state index contributed by atoms with van der Waals surface area (Å²) in [5.41, 5.74) is 10.4. The molecule has 3 nitrogen and oxygen atoms in total. The van der Waals surface area contributed by atoms with Gasteiger partial charge in [-0.15, -0.1) is 0 Å². The van der Waals surface area contributed by atoms with Gasteiger partial charge in [0.05, 0.1) is 18.4 Å². The number of aryl methyl sites for hydroxylation is 3. The van der Waals surface area contributed by atoms with Gasteiger partial charge in [-0.25, -0.2) is 0 Å². The molecule has 2 aromatic rings. The number of aromatic nitrogens is 2. The van der Waals surface area contributed by atoms with Gasteiger partial charge in [0.25, 0.3) is 0 Å². The van der Waals surface area contributed by atoms with Crippen LogP contribution in [-0.2, 0) is 12.3 Å². The van der Waals surface area contributed by atoms with Gasteiger partial charge in [0.1, 0.15) is 0 Å². The predicted molar refractivity (Wildman–Crippen MR) is 78.7 cm³/mol. The molecular weight excluding hydrogens is 242 g/mol. The van der Waals surface area contributed by atoms with E-state index in [1.54, 1.807) is 6.20 Å². The lowest BCUT2D eigenvalue weighted by atomic mass is 10.1. The summed E-state index contributed by atoms with van der Waals surface area (Å²) >= 11 is 1.93. The molecule has 2 N–H and O–H groups in total. The van der Waals surface area contributed by atoms with Gasteiger partial charge in [-0.2, -0.15) is 16.9 Å². The zero-order valence-corrected chi connectivity index (χ0v) is 11.7. The van der Waals surface area contributed by atoms with E-state index in [0.29, 0.717) is 0 Å². The van der Waals surface area contributed by atoms with Crippen LogP contribution in [0.15, 0.2) is 30.6 Å². The first-order valence-electron chi connectivity index (χ1n) is 6.06. The SMILES string of the molecule is Cc1cc(C)cc(CSCCn2cc(N)cn2)c1. The van der Waals surface area contributed by atoms with Crippen molar-refractivity contribution in [2.24, 2.45) is 0 Å². The van der Waals surface area contributed by atoms with E-state index in [-0.39, 0.29) is 0 Å². The van der Waals surface area contributed by atoms with Gasteiger partial charge in [-0.05, 0) is 19.4 Å². The largest absolute Gasteiger partial charge is 0.396 e. The maximum Gasteiger partial charge on any atom is 0.0719 e. The maximum absolute atomic E-state index is 5.62. The monoisotopic (exact) mass is 261 g/mol. The fourth-order valence-electron chi connectivity index (χ4n) is 2.00. The summed E-state index contributed by atoms with van der Waals surface area (Å²) in [4.78, 5) is 0. The molecule has 0 spiro atoms. The number of hydrogen-bond donors (Lipinski definition) is 1. The van der Waals surface area contributed by atoms with Crippen LogP contribution >= 0.6 is 11.8 Å². The Morgan fingerprint density at radius 3 is 2.56 bits per heavy atom. The number of rotatable bonds is 5. The van der Waals surface area contributed by atoms with Gasteiger partial charge in [0.15, 0.2) is 0 Å². The average Bonchev–Trinajstić information content (AvgIpc) is 2.69. The molecule has 0 radical (unpaired) electrons. The molecule has 0 atom stereocenters. The number of hydrogen-bond acceptors (Lipinski definition) is 3. The second-order valence-electron chi connectivity index (χ2n) is 4.59. The normalized spacial score (nSPS) is 10.8. The Labute approximate surface area is 112 Å². The summed E-state index contributed by atoms with van der Waals surface area (Å²) in [6.07, 6.45) is 3.56. The van der Waals surface area contributed by atoms with E-state index in [9.17, 15) is 0 Å². The highest BCUT2D eigenvalue weighted by Gasteiger charge is 1.98. The first-order valence-corrected chi connectivity index (χ1v) is 7.22. The fraction of sp³-hybridized carbons (Fsp3) is 0.357. The fourth-order valence-corrected chi connectivity index (χ4v) is 2.87. The second kappa shape index (κ2) is 5.96. The van der Waals surface area contributed by atoms with Gasteiger partial charge in [-0.1, -0.05) is 29.3 Å². The van der Waals surface area contributed by atoms with Gasteiger partial charge in [0.2, 0.25) is 0 Å². The third-order valence-corrected chi connectivity index (χ3v) is 3.68. The lowest BCUT2D eigenvalue weighted by Crippen LogP contribution is -2.00. The highest BCUT2D eigenvalue weighted by Crippen LogP contribution is 2.16. The van der Waals surface area contributed by atoms with E-state index < -0.39 is 0 Å². The minimum atomic E-state index is 0.731. The third-order valence-electron chi connectivity index (χ3n) is 2.67. The molecule has 0 bridgehead atoms. The van der Waals surface area contributed by atoms with Crippen molar-refractivity contribution in [1.82, 2.24) is 9.78 Å². The Balaban J connectivity index is 1.78. The van der Waals surface area contributed by atoms with Crippen LogP contribution < -0.4 is 5.73 Å². The minimum absolute atomic E-state index is 0.731. The molecule has 0 saturated carbocycles. The van der Waals surface area contributed by atoms with Crippen molar-refractivity contribution in [3.8, 4) is 0 Å². The number of anilines is 1. The van der Waals surface area contributed by atoms with E-state index in [1.807, 2.05) is 22.6 Å². The van der Waals surface area contributed by atoms with Crippen molar-refractivity contribution in [3.05, 3.63) is 47.3 Å². The Kier molecular flexibility index (Phi) is 4.31. The van der Waals surface area contributed by atoms with Crippen LogP contribution in [0.25, 0.3) is 0 Å². The summed E-state index contributed by atoms with van der Waals surface area (Å²) in [6, 6.07) is 6.72. The van der Waals surface area contributed by atoms with Gasteiger partial charge >= 0.3 is 0 Å². The molecule has 0 aliphatic rings. The van der Waals surface area contributed by atoms with Crippen LogP contribution in [0.3, 0.4) is 0 Å². The van der Waals surface area contributed by atoms with Crippen molar-refractivity contribution < 1.29 is 0 Å². The van der Waals surface area contributed by atoms with Crippen LogP contribution in [0.4, 0.5) is 5.69 Å². The molecule has 0 saturated heterocycles. The summed E-state index contributed by atoms with van der Waals surface area (Å²) in [5, 5.41) is 4.17. The first kappa shape index (κ1) is 13.0. The molecule has 96 valence electrons. The molecule has 0 aliphatic carbocycles. The van der Waals surface area contributed by atoms with Crippen molar-refractivity contribution in [3.63, 3.8) is 0 Å². The molecule has 0 fully saturated rings. The van der Waals surface area contributed by atoms with Crippen LogP contribution in [0.5, 0.6) is 0 Å². The first-order chi connectivity index (χ1) is 8.63. The Hall–Kier alpha value is -1.42. The summed E-state index contributed by atoms with van der Waals surface area (Å²) < 4.78 is 1.89. The van der Waals surface area contributed by atoms with E-state index in [4.69, 9.17) is 5.73 Å². The topological polar surface area (TPSA) is 43.8 Å². The Morgan fingerprint density at radius 2 is 1.94 bits per heavy atom. The molecular formula is C14H19N3S. The highest BCUT2D eigenvalue weighted by atomic mass is 32.2. The lowest BCUT2D eigenvalue weighted by Gasteiger charge is -2.05. The predicted octanol–water partition coefficient (Wildman–Crippen LogP) is 3.02. The van der Waals surface area contributed by atoms with Crippen LogP contribution in [0, 0.1) is 13.8 Å². The Morgan fingerprint density at radius 1 is 1.22 bits per heavy atom. The molecule has 18 heavy (non-hydrogen) atoms. The lowest BCUT2D eigenvalue weighted by molar-refractivity contribution is 0.666. The molecule has 0 aliphatic heterocycles. The molecule has 1 aromatic carbocycles. The smallest absolute Gasteiger partial charge is 0.0719 e. The zero-order chi connectivity index (χ0) is 13.0. The van der Waals surface area contributed by atoms with E-state index in [0.717, 1.165) is 23.7 Å². The maximum atomic E-state index is 5.62. The highest BCUT2D eigenvalue weighted by molar-refractivity contribution is 7.98.